The Balaban J connectivity index is 3.03. The maximum Gasteiger partial charge on any atom is 0.150 e. The first-order valence-corrected chi connectivity index (χ1v) is 4.01. The van der Waals surface area contributed by atoms with Crippen LogP contribution in [-0.4, -0.2) is 6.29 Å². The third-order valence-electron chi connectivity index (χ3n) is 1.75. The van der Waals surface area contributed by atoms with Gasteiger partial charge in [0, 0.05) is 5.56 Å². The molecule has 0 spiro atoms. The van der Waals surface area contributed by atoms with Crippen molar-refractivity contribution >= 4 is 6.29 Å². The summed E-state index contributed by atoms with van der Waals surface area (Å²) in [6, 6.07) is 4.25. The zero-order valence-electron chi connectivity index (χ0n) is 7.01. The minimum atomic E-state index is -0.274. The topological polar surface area (TPSA) is 17.1 Å². The van der Waals surface area contributed by atoms with E-state index in [9.17, 15) is 9.18 Å². The van der Waals surface area contributed by atoms with Crippen molar-refractivity contribution in [2.24, 2.45) is 0 Å². The molecule has 1 rings (SSSR count). The Morgan fingerprint density at radius 2 is 2.25 bits per heavy atom. The van der Waals surface area contributed by atoms with Crippen molar-refractivity contribution in [1.29, 1.82) is 0 Å². The van der Waals surface area contributed by atoms with Crippen molar-refractivity contribution in [3.05, 3.63) is 35.1 Å². The lowest BCUT2D eigenvalue weighted by molar-refractivity contribution is 0.112. The predicted molar refractivity (Wildman–Crippen MR) is 45.8 cm³/mol. The average molecular weight is 166 g/mol. The van der Waals surface area contributed by atoms with Crippen molar-refractivity contribution in [3.8, 4) is 0 Å². The van der Waals surface area contributed by atoms with E-state index in [0.29, 0.717) is 5.56 Å². The van der Waals surface area contributed by atoms with E-state index >= 15 is 0 Å². The molecule has 0 saturated carbocycles. The van der Waals surface area contributed by atoms with Crippen LogP contribution in [0.2, 0.25) is 0 Å². The SMILES string of the molecule is CCCc1cc(F)ccc1C=O. The lowest BCUT2D eigenvalue weighted by atomic mass is 10.0. The normalized spacial score (nSPS) is 9.83. The van der Waals surface area contributed by atoms with E-state index in [2.05, 4.69) is 0 Å². The highest BCUT2D eigenvalue weighted by molar-refractivity contribution is 5.77. The summed E-state index contributed by atoms with van der Waals surface area (Å²) in [5, 5.41) is 0. The molecule has 0 atom stereocenters. The minimum Gasteiger partial charge on any atom is -0.298 e. The zero-order chi connectivity index (χ0) is 8.97. The number of aryl methyl sites for hydroxylation is 1. The Hall–Kier alpha value is -1.18. The summed E-state index contributed by atoms with van der Waals surface area (Å²) in [7, 11) is 0. The molecule has 0 aliphatic heterocycles. The van der Waals surface area contributed by atoms with Crippen LogP contribution in [0.3, 0.4) is 0 Å². The summed E-state index contributed by atoms with van der Waals surface area (Å²) in [4.78, 5) is 10.5. The Morgan fingerprint density at radius 1 is 1.50 bits per heavy atom. The van der Waals surface area contributed by atoms with Gasteiger partial charge in [-0.1, -0.05) is 13.3 Å². The van der Waals surface area contributed by atoms with Crippen molar-refractivity contribution in [2.45, 2.75) is 19.8 Å². The monoisotopic (exact) mass is 166 g/mol. The maximum absolute atomic E-state index is 12.7. The Morgan fingerprint density at radius 3 is 2.83 bits per heavy atom. The first-order valence-electron chi connectivity index (χ1n) is 4.01. The highest BCUT2D eigenvalue weighted by atomic mass is 19.1. The molecule has 2 heteroatoms. The van der Waals surface area contributed by atoms with Crippen LogP contribution < -0.4 is 0 Å². The molecule has 0 aliphatic carbocycles. The molecular weight excluding hydrogens is 155 g/mol. The third-order valence-corrected chi connectivity index (χ3v) is 1.75. The summed E-state index contributed by atoms with van der Waals surface area (Å²) < 4.78 is 12.7. The molecule has 0 heterocycles. The van der Waals surface area contributed by atoms with Crippen molar-refractivity contribution in [2.75, 3.05) is 0 Å². The van der Waals surface area contributed by atoms with Crippen LogP contribution >= 0.6 is 0 Å². The Kier molecular flexibility index (Phi) is 2.97. The second-order valence-corrected chi connectivity index (χ2v) is 2.71. The maximum atomic E-state index is 12.7. The standard InChI is InChI=1S/C10H11FO/c1-2-3-8-6-10(11)5-4-9(8)7-12/h4-7H,2-3H2,1H3. The number of carbonyl (C=O) groups is 1. The van der Waals surface area contributed by atoms with Gasteiger partial charge in [-0.05, 0) is 30.2 Å². The molecule has 0 unspecified atom stereocenters. The van der Waals surface area contributed by atoms with Crippen LogP contribution in [0, 0.1) is 5.82 Å². The smallest absolute Gasteiger partial charge is 0.150 e. The lowest BCUT2D eigenvalue weighted by Crippen LogP contribution is -1.93. The number of hydrogen-bond donors (Lipinski definition) is 0. The lowest BCUT2D eigenvalue weighted by Gasteiger charge is -2.01. The molecule has 64 valence electrons. The van der Waals surface area contributed by atoms with E-state index in [1.807, 2.05) is 6.92 Å². The zero-order valence-corrected chi connectivity index (χ0v) is 7.01. The summed E-state index contributed by atoms with van der Waals surface area (Å²) in [6.07, 6.45) is 2.44. The Bertz CT molecular complexity index is 281. The summed E-state index contributed by atoms with van der Waals surface area (Å²) in [5.74, 6) is -0.274. The molecule has 0 amide bonds. The first-order chi connectivity index (χ1) is 5.77. The fraction of sp³-hybridized carbons (Fsp3) is 0.300. The van der Waals surface area contributed by atoms with Crippen LogP contribution in [0.15, 0.2) is 18.2 Å². The van der Waals surface area contributed by atoms with Crippen LogP contribution in [0.25, 0.3) is 0 Å². The van der Waals surface area contributed by atoms with Gasteiger partial charge in [0.25, 0.3) is 0 Å². The molecule has 1 aromatic carbocycles. The average Bonchev–Trinajstić information content (AvgIpc) is 2.05. The van der Waals surface area contributed by atoms with E-state index < -0.39 is 0 Å². The number of aldehydes is 1. The quantitative estimate of drug-likeness (QED) is 0.631. The van der Waals surface area contributed by atoms with Crippen LogP contribution in [0.4, 0.5) is 4.39 Å². The summed E-state index contributed by atoms with van der Waals surface area (Å²) in [5.41, 5.74) is 1.39. The van der Waals surface area contributed by atoms with Gasteiger partial charge in [0.1, 0.15) is 12.1 Å². The van der Waals surface area contributed by atoms with Gasteiger partial charge < -0.3 is 0 Å². The number of carbonyl (C=O) groups excluding carboxylic acids is 1. The van der Waals surface area contributed by atoms with E-state index in [4.69, 9.17) is 0 Å². The number of halogens is 1. The molecule has 0 aromatic heterocycles. The van der Waals surface area contributed by atoms with Gasteiger partial charge in [-0.3, -0.25) is 4.79 Å². The molecular formula is C10H11FO. The van der Waals surface area contributed by atoms with Gasteiger partial charge in [0.2, 0.25) is 0 Å². The second-order valence-electron chi connectivity index (χ2n) is 2.71. The van der Waals surface area contributed by atoms with Crippen LogP contribution in [0.5, 0.6) is 0 Å². The van der Waals surface area contributed by atoms with E-state index in [-0.39, 0.29) is 5.82 Å². The van der Waals surface area contributed by atoms with Gasteiger partial charge in [0.15, 0.2) is 0 Å². The number of rotatable bonds is 3. The van der Waals surface area contributed by atoms with Gasteiger partial charge >= 0.3 is 0 Å². The summed E-state index contributed by atoms with van der Waals surface area (Å²) in [6.45, 7) is 2.00. The first kappa shape index (κ1) is 8.91. The van der Waals surface area contributed by atoms with Crippen LogP contribution in [0.1, 0.15) is 29.3 Å². The van der Waals surface area contributed by atoms with Gasteiger partial charge in [-0.2, -0.15) is 0 Å². The van der Waals surface area contributed by atoms with Gasteiger partial charge in [0.05, 0.1) is 0 Å². The molecule has 1 aromatic rings. The fourth-order valence-corrected chi connectivity index (χ4v) is 1.18. The predicted octanol–water partition coefficient (Wildman–Crippen LogP) is 2.59. The minimum absolute atomic E-state index is 0.274. The highest BCUT2D eigenvalue weighted by Crippen LogP contribution is 2.11. The molecule has 0 radical (unpaired) electrons. The van der Waals surface area contributed by atoms with Crippen LogP contribution in [-0.2, 0) is 6.42 Å². The Labute approximate surface area is 71.2 Å². The molecule has 0 bridgehead atoms. The summed E-state index contributed by atoms with van der Waals surface area (Å²) >= 11 is 0. The van der Waals surface area contributed by atoms with E-state index in [1.165, 1.54) is 18.2 Å². The fourth-order valence-electron chi connectivity index (χ4n) is 1.18. The molecule has 12 heavy (non-hydrogen) atoms. The van der Waals surface area contributed by atoms with Gasteiger partial charge in [-0.15, -0.1) is 0 Å². The molecule has 0 fully saturated rings. The number of hydrogen-bond acceptors (Lipinski definition) is 1. The van der Waals surface area contributed by atoms with Gasteiger partial charge in [-0.25, -0.2) is 4.39 Å². The highest BCUT2D eigenvalue weighted by Gasteiger charge is 2.01. The van der Waals surface area contributed by atoms with Crippen molar-refractivity contribution < 1.29 is 9.18 Å². The largest absolute Gasteiger partial charge is 0.298 e. The van der Waals surface area contributed by atoms with Crippen molar-refractivity contribution in [3.63, 3.8) is 0 Å². The third kappa shape index (κ3) is 1.91. The van der Waals surface area contributed by atoms with Crippen molar-refractivity contribution in [1.82, 2.24) is 0 Å². The molecule has 0 saturated heterocycles. The number of benzene rings is 1. The molecule has 0 N–H and O–H groups in total. The second kappa shape index (κ2) is 4.00. The van der Waals surface area contributed by atoms with E-state index in [1.54, 1.807) is 0 Å². The molecule has 0 aliphatic rings. The molecule has 1 nitrogen and oxygen atoms in total. The van der Waals surface area contributed by atoms with E-state index in [0.717, 1.165) is 24.7 Å².